The van der Waals surface area contributed by atoms with E-state index in [1.54, 1.807) is 34.6 Å². The zero-order chi connectivity index (χ0) is 21.3. The summed E-state index contributed by atoms with van der Waals surface area (Å²) >= 11 is 1.22. The van der Waals surface area contributed by atoms with E-state index < -0.39 is 23.1 Å². The smallest absolute Gasteiger partial charge is 0.323 e. The summed E-state index contributed by atoms with van der Waals surface area (Å²) in [5.41, 5.74) is -0.643. The summed E-state index contributed by atoms with van der Waals surface area (Å²) in [5, 5.41) is 13.2. The van der Waals surface area contributed by atoms with Gasteiger partial charge in [0.15, 0.2) is 0 Å². The van der Waals surface area contributed by atoms with Crippen molar-refractivity contribution in [3.8, 4) is 6.07 Å². The number of nitrogens with one attached hydrogen (secondary N) is 1. The van der Waals surface area contributed by atoms with Gasteiger partial charge in [0.1, 0.15) is 10.9 Å². The lowest BCUT2D eigenvalue weighted by atomic mass is 9.86. The van der Waals surface area contributed by atoms with Crippen molar-refractivity contribution in [2.75, 3.05) is 0 Å². The minimum absolute atomic E-state index is 0.00848. The SMILES string of the molecule is Cc1nc(C)c(C(=O)NC(=C(C#N)c2cccc(C(F)(F)F)c2)C(C)(C)C)s1. The minimum atomic E-state index is -4.53. The summed E-state index contributed by atoms with van der Waals surface area (Å²) in [6.07, 6.45) is -4.53. The molecule has 1 amide bonds. The lowest BCUT2D eigenvalue weighted by molar-refractivity contribution is -0.137. The molecule has 0 saturated carbocycles. The van der Waals surface area contributed by atoms with Crippen molar-refractivity contribution in [2.45, 2.75) is 40.8 Å². The number of rotatable bonds is 3. The number of nitriles is 1. The molecular weight excluding hydrogens is 387 g/mol. The van der Waals surface area contributed by atoms with Crippen molar-refractivity contribution < 1.29 is 18.0 Å². The number of alkyl halides is 3. The third-order valence-electron chi connectivity index (χ3n) is 3.94. The summed E-state index contributed by atoms with van der Waals surface area (Å²) in [6.45, 7) is 8.81. The van der Waals surface area contributed by atoms with Crippen molar-refractivity contribution >= 4 is 22.8 Å². The number of amides is 1. The van der Waals surface area contributed by atoms with Crippen LogP contribution in [0.2, 0.25) is 0 Å². The molecule has 1 aromatic heterocycles. The number of aromatic nitrogens is 1. The fourth-order valence-electron chi connectivity index (χ4n) is 2.65. The molecule has 0 saturated heterocycles. The lowest BCUT2D eigenvalue weighted by Crippen LogP contribution is -2.31. The number of nitrogens with zero attached hydrogens (tertiary/aromatic N) is 2. The second-order valence-electron chi connectivity index (χ2n) is 7.29. The Morgan fingerprint density at radius 2 is 1.86 bits per heavy atom. The van der Waals surface area contributed by atoms with Gasteiger partial charge in [0, 0.05) is 11.1 Å². The van der Waals surface area contributed by atoms with E-state index in [1.807, 2.05) is 6.07 Å². The van der Waals surface area contributed by atoms with Gasteiger partial charge in [-0.1, -0.05) is 32.9 Å². The number of aryl methyl sites for hydroxylation is 2. The maximum absolute atomic E-state index is 13.1. The van der Waals surface area contributed by atoms with E-state index in [0.29, 0.717) is 10.6 Å². The molecule has 0 aliphatic carbocycles. The summed E-state index contributed by atoms with van der Waals surface area (Å²) in [7, 11) is 0. The van der Waals surface area contributed by atoms with Crippen molar-refractivity contribution in [1.82, 2.24) is 10.3 Å². The Morgan fingerprint density at radius 1 is 1.21 bits per heavy atom. The molecule has 0 bridgehead atoms. The minimum Gasteiger partial charge on any atom is -0.323 e. The van der Waals surface area contributed by atoms with Gasteiger partial charge in [-0.05, 0) is 31.5 Å². The van der Waals surface area contributed by atoms with E-state index in [2.05, 4.69) is 10.3 Å². The largest absolute Gasteiger partial charge is 0.416 e. The van der Waals surface area contributed by atoms with Crippen LogP contribution in [0.5, 0.6) is 0 Å². The molecule has 0 spiro atoms. The van der Waals surface area contributed by atoms with Gasteiger partial charge in [-0.15, -0.1) is 11.3 Å². The van der Waals surface area contributed by atoms with Gasteiger partial charge < -0.3 is 5.32 Å². The predicted molar refractivity (Wildman–Crippen MR) is 102 cm³/mol. The van der Waals surface area contributed by atoms with Crippen LogP contribution in [0, 0.1) is 30.6 Å². The summed E-state index contributed by atoms with van der Waals surface area (Å²) in [6, 6.07) is 6.49. The molecule has 8 heteroatoms. The first-order valence-corrected chi connectivity index (χ1v) is 9.24. The van der Waals surface area contributed by atoms with E-state index in [0.717, 1.165) is 17.1 Å². The number of carbonyl (C=O) groups is 1. The molecular formula is C20H20F3N3OS. The average Bonchev–Trinajstić information content (AvgIpc) is 2.91. The Bertz CT molecular complexity index is 976. The number of halogens is 3. The van der Waals surface area contributed by atoms with Crippen molar-refractivity contribution in [2.24, 2.45) is 5.41 Å². The zero-order valence-corrected chi connectivity index (χ0v) is 17.0. The number of hydrogen-bond donors (Lipinski definition) is 1. The van der Waals surface area contributed by atoms with Crippen LogP contribution in [0.3, 0.4) is 0 Å². The van der Waals surface area contributed by atoms with E-state index in [4.69, 9.17) is 0 Å². The van der Waals surface area contributed by atoms with Gasteiger partial charge in [-0.2, -0.15) is 18.4 Å². The summed E-state index contributed by atoms with van der Waals surface area (Å²) in [5.74, 6) is -0.437. The van der Waals surface area contributed by atoms with Gasteiger partial charge in [0.25, 0.3) is 5.91 Å². The Morgan fingerprint density at radius 3 is 2.32 bits per heavy atom. The van der Waals surface area contributed by atoms with Crippen molar-refractivity contribution in [1.29, 1.82) is 5.26 Å². The lowest BCUT2D eigenvalue weighted by Gasteiger charge is -2.25. The molecule has 28 heavy (non-hydrogen) atoms. The van der Waals surface area contributed by atoms with Crippen LogP contribution in [0.25, 0.3) is 5.57 Å². The molecule has 0 aliphatic rings. The number of hydrogen-bond acceptors (Lipinski definition) is 4. The number of allylic oxidation sites excluding steroid dienone is 2. The highest BCUT2D eigenvalue weighted by Gasteiger charge is 2.32. The van der Waals surface area contributed by atoms with E-state index >= 15 is 0 Å². The molecule has 0 aliphatic heterocycles. The normalized spacial score (nSPS) is 13.0. The molecule has 2 rings (SSSR count). The number of carbonyl (C=O) groups excluding carboxylic acids is 1. The zero-order valence-electron chi connectivity index (χ0n) is 16.2. The first kappa shape index (κ1) is 21.6. The van der Waals surface area contributed by atoms with Crippen LogP contribution in [-0.2, 0) is 6.18 Å². The Labute approximate surface area is 165 Å². The van der Waals surface area contributed by atoms with Gasteiger partial charge in [-0.25, -0.2) is 4.98 Å². The topological polar surface area (TPSA) is 65.8 Å². The first-order chi connectivity index (χ1) is 12.8. The fourth-order valence-corrected chi connectivity index (χ4v) is 3.47. The average molecular weight is 407 g/mol. The van der Waals surface area contributed by atoms with E-state index in [1.165, 1.54) is 23.5 Å². The molecule has 0 unspecified atom stereocenters. The third-order valence-corrected chi connectivity index (χ3v) is 5.01. The molecule has 2 aromatic rings. The van der Waals surface area contributed by atoms with Gasteiger partial charge in [0.2, 0.25) is 0 Å². The van der Waals surface area contributed by atoms with Crippen molar-refractivity contribution in [3.05, 3.63) is 56.7 Å². The van der Waals surface area contributed by atoms with Gasteiger partial charge in [-0.3, -0.25) is 4.79 Å². The quantitative estimate of drug-likeness (QED) is 0.684. The summed E-state index contributed by atoms with van der Waals surface area (Å²) < 4.78 is 39.2. The molecule has 1 heterocycles. The second kappa shape index (κ2) is 7.76. The standard InChI is InChI=1S/C20H20F3N3OS/c1-11-16(28-12(2)25-11)18(27)26-17(19(3,4)5)15(10-24)13-7-6-8-14(9-13)20(21,22)23/h6-9H,1-5H3,(H,26,27). The molecule has 0 atom stereocenters. The monoisotopic (exact) mass is 407 g/mol. The van der Waals surface area contributed by atoms with Crippen LogP contribution >= 0.6 is 11.3 Å². The van der Waals surface area contributed by atoms with Crippen LogP contribution in [0.1, 0.15) is 52.3 Å². The fraction of sp³-hybridized carbons (Fsp3) is 0.350. The van der Waals surface area contributed by atoms with Crippen molar-refractivity contribution in [3.63, 3.8) is 0 Å². The molecule has 1 aromatic carbocycles. The van der Waals surface area contributed by atoms with Crippen LogP contribution in [-0.4, -0.2) is 10.9 Å². The highest BCUT2D eigenvalue weighted by atomic mass is 32.1. The molecule has 4 nitrogen and oxygen atoms in total. The van der Waals surface area contributed by atoms with Crippen LogP contribution in [0.4, 0.5) is 13.2 Å². The maximum Gasteiger partial charge on any atom is 0.416 e. The molecule has 148 valence electrons. The Hall–Kier alpha value is -2.66. The highest BCUT2D eigenvalue weighted by molar-refractivity contribution is 7.13. The molecule has 0 fully saturated rings. The maximum atomic E-state index is 13.1. The number of benzene rings is 1. The Kier molecular flexibility index (Phi) is 6.00. The third kappa shape index (κ3) is 4.78. The second-order valence-corrected chi connectivity index (χ2v) is 8.50. The van der Waals surface area contributed by atoms with Crippen LogP contribution < -0.4 is 5.32 Å². The summed E-state index contributed by atoms with van der Waals surface area (Å²) in [4.78, 5) is 17.4. The Balaban J connectivity index is 2.59. The first-order valence-electron chi connectivity index (χ1n) is 8.42. The highest BCUT2D eigenvalue weighted by Crippen LogP contribution is 2.34. The predicted octanol–water partition coefficient (Wildman–Crippen LogP) is 5.49. The van der Waals surface area contributed by atoms with E-state index in [-0.39, 0.29) is 16.8 Å². The van der Waals surface area contributed by atoms with E-state index in [9.17, 15) is 23.2 Å². The van der Waals surface area contributed by atoms with Gasteiger partial charge >= 0.3 is 6.18 Å². The molecule has 0 radical (unpaired) electrons. The van der Waals surface area contributed by atoms with Crippen LogP contribution in [0.15, 0.2) is 30.0 Å². The number of thiazole rings is 1. The molecule has 1 N–H and O–H groups in total. The van der Waals surface area contributed by atoms with Gasteiger partial charge in [0.05, 0.1) is 21.8 Å².